The number of anilines is 1. The first kappa shape index (κ1) is 30.3. The molecule has 0 saturated heterocycles. The second-order valence-electron chi connectivity index (χ2n) is 11.4. The van der Waals surface area contributed by atoms with Gasteiger partial charge in [-0.05, 0) is 62.1 Å². The minimum atomic E-state index is -2.36. The Morgan fingerprint density at radius 2 is 1.95 bits per heavy atom. The van der Waals surface area contributed by atoms with Crippen molar-refractivity contribution in [2.45, 2.75) is 90.5 Å². The molecule has 0 amide bonds. The summed E-state index contributed by atoms with van der Waals surface area (Å²) in [5.41, 5.74) is 9.07. The van der Waals surface area contributed by atoms with E-state index in [0.29, 0.717) is 42.0 Å². The summed E-state index contributed by atoms with van der Waals surface area (Å²) in [4.78, 5) is 33.3. The molecular weight excluding hydrogens is 530 g/mol. The number of alkyl halides is 2. The SMILES string of the molecule is CC(C)c1ccnc(-c2nc3nc(/C(N)=N/OC=O)nc(NC(C)C4CCC4)c3n2C)c1.CC1CCCCC1(F)F. The average Bonchev–Trinajstić information content (AvgIpc) is 3.24. The molecule has 3 heterocycles. The third-order valence-corrected chi connectivity index (χ3v) is 8.17. The minimum absolute atomic E-state index is 0.105. The summed E-state index contributed by atoms with van der Waals surface area (Å²) in [6.07, 6.45) is 7.91. The van der Waals surface area contributed by atoms with Crippen LogP contribution in [0.1, 0.15) is 89.9 Å². The second kappa shape index (κ2) is 12.9. The third-order valence-electron chi connectivity index (χ3n) is 8.17. The summed E-state index contributed by atoms with van der Waals surface area (Å²) in [5.74, 6) is -0.480. The summed E-state index contributed by atoms with van der Waals surface area (Å²) in [6.45, 7) is 8.25. The van der Waals surface area contributed by atoms with Crippen LogP contribution < -0.4 is 11.1 Å². The van der Waals surface area contributed by atoms with Gasteiger partial charge in [0.15, 0.2) is 17.3 Å². The van der Waals surface area contributed by atoms with Gasteiger partial charge in [-0.1, -0.05) is 38.8 Å². The van der Waals surface area contributed by atoms with Crippen LogP contribution in [-0.4, -0.2) is 48.8 Å². The molecule has 3 N–H and O–H groups in total. The number of oxime groups is 1. The van der Waals surface area contributed by atoms with Gasteiger partial charge in [-0.25, -0.2) is 23.7 Å². The lowest BCUT2D eigenvalue weighted by Gasteiger charge is -2.32. The molecular formula is C29H40F2N8O2. The van der Waals surface area contributed by atoms with Crippen molar-refractivity contribution >= 4 is 29.3 Å². The Labute approximate surface area is 239 Å². The summed E-state index contributed by atoms with van der Waals surface area (Å²) < 4.78 is 27.1. The smallest absolute Gasteiger partial charge is 0.323 e. The van der Waals surface area contributed by atoms with Crippen LogP contribution in [0.25, 0.3) is 22.7 Å². The van der Waals surface area contributed by atoms with E-state index in [1.54, 1.807) is 13.1 Å². The highest BCUT2D eigenvalue weighted by molar-refractivity contribution is 5.97. The van der Waals surface area contributed by atoms with Crippen molar-refractivity contribution in [2.75, 3.05) is 5.32 Å². The molecule has 0 spiro atoms. The number of pyridine rings is 1. The van der Waals surface area contributed by atoms with E-state index >= 15 is 0 Å². The minimum Gasteiger partial charge on any atom is -0.378 e. The van der Waals surface area contributed by atoms with Gasteiger partial charge in [0.2, 0.25) is 11.7 Å². The van der Waals surface area contributed by atoms with Gasteiger partial charge in [-0.15, -0.1) is 0 Å². The van der Waals surface area contributed by atoms with Crippen LogP contribution >= 0.6 is 0 Å². The Bertz CT molecular complexity index is 1390. The van der Waals surface area contributed by atoms with Gasteiger partial charge in [-0.3, -0.25) is 9.78 Å². The molecule has 0 radical (unpaired) electrons. The largest absolute Gasteiger partial charge is 0.378 e. The summed E-state index contributed by atoms with van der Waals surface area (Å²) in [7, 11) is 1.92. The van der Waals surface area contributed by atoms with E-state index in [9.17, 15) is 13.6 Å². The van der Waals surface area contributed by atoms with Crippen LogP contribution in [0.2, 0.25) is 0 Å². The molecule has 2 aliphatic rings. The van der Waals surface area contributed by atoms with Gasteiger partial charge >= 0.3 is 6.47 Å². The number of nitrogens with two attached hydrogens (primary N) is 1. The number of aryl methyl sites for hydroxylation is 1. The highest BCUT2D eigenvalue weighted by atomic mass is 19.3. The van der Waals surface area contributed by atoms with E-state index < -0.39 is 5.92 Å². The molecule has 222 valence electrons. The Morgan fingerprint density at radius 1 is 1.20 bits per heavy atom. The Kier molecular flexibility index (Phi) is 9.49. The molecule has 2 fully saturated rings. The van der Waals surface area contributed by atoms with Crippen molar-refractivity contribution in [1.82, 2.24) is 24.5 Å². The number of halogens is 2. The molecule has 0 bridgehead atoms. The number of fused-ring (bicyclic) bond motifs is 1. The number of hydrogen-bond acceptors (Lipinski definition) is 8. The van der Waals surface area contributed by atoms with E-state index in [0.717, 1.165) is 17.6 Å². The molecule has 2 unspecified atom stereocenters. The zero-order chi connectivity index (χ0) is 29.7. The zero-order valence-electron chi connectivity index (χ0n) is 24.4. The maximum atomic E-state index is 12.6. The molecule has 0 aromatic carbocycles. The van der Waals surface area contributed by atoms with Gasteiger partial charge < -0.3 is 20.5 Å². The number of carbonyl (C=O) groups is 1. The number of aromatic nitrogens is 5. The molecule has 3 aromatic rings. The average molecular weight is 571 g/mol. The van der Waals surface area contributed by atoms with Crippen molar-refractivity contribution in [2.24, 2.45) is 29.8 Å². The van der Waals surface area contributed by atoms with Crippen molar-refractivity contribution in [3.05, 3.63) is 29.7 Å². The van der Waals surface area contributed by atoms with Crippen LogP contribution in [0, 0.1) is 11.8 Å². The molecule has 10 nitrogen and oxygen atoms in total. The van der Waals surface area contributed by atoms with Gasteiger partial charge in [0.25, 0.3) is 5.92 Å². The predicted octanol–water partition coefficient (Wildman–Crippen LogP) is 5.77. The van der Waals surface area contributed by atoms with Crippen molar-refractivity contribution in [3.8, 4) is 11.5 Å². The molecule has 12 heteroatoms. The van der Waals surface area contributed by atoms with Gasteiger partial charge in [-0.2, -0.15) is 0 Å². The van der Waals surface area contributed by atoms with Crippen molar-refractivity contribution in [3.63, 3.8) is 0 Å². The maximum absolute atomic E-state index is 12.6. The molecule has 5 rings (SSSR count). The number of hydrogen-bond donors (Lipinski definition) is 2. The lowest BCUT2D eigenvalue weighted by Crippen LogP contribution is -2.31. The molecule has 2 atom stereocenters. The van der Waals surface area contributed by atoms with E-state index in [4.69, 9.17) is 10.7 Å². The molecule has 41 heavy (non-hydrogen) atoms. The zero-order valence-corrected chi connectivity index (χ0v) is 24.4. The van der Waals surface area contributed by atoms with Crippen LogP contribution in [0.3, 0.4) is 0 Å². The van der Waals surface area contributed by atoms with Crippen molar-refractivity contribution in [1.29, 1.82) is 0 Å². The topological polar surface area (TPSA) is 133 Å². The molecule has 3 aromatic heterocycles. The highest BCUT2D eigenvalue weighted by Gasteiger charge is 2.37. The van der Waals surface area contributed by atoms with E-state index in [-0.39, 0.29) is 36.5 Å². The Balaban J connectivity index is 0.000000367. The monoisotopic (exact) mass is 570 g/mol. The number of nitrogens with one attached hydrogen (secondary N) is 1. The lowest BCUT2D eigenvalue weighted by molar-refractivity contribution is -0.128. The van der Waals surface area contributed by atoms with Crippen LogP contribution in [0.4, 0.5) is 14.6 Å². The normalized spacial score (nSPS) is 19.7. The first-order valence-electron chi connectivity index (χ1n) is 14.3. The number of imidazole rings is 1. The predicted molar refractivity (Wildman–Crippen MR) is 155 cm³/mol. The summed E-state index contributed by atoms with van der Waals surface area (Å²) in [6, 6.07) is 4.27. The number of nitrogens with zero attached hydrogens (tertiary/aromatic N) is 6. The third kappa shape index (κ3) is 6.97. The fourth-order valence-corrected chi connectivity index (χ4v) is 5.14. The maximum Gasteiger partial charge on any atom is 0.323 e. The van der Waals surface area contributed by atoms with Crippen molar-refractivity contribution < 1.29 is 18.4 Å². The summed E-state index contributed by atoms with van der Waals surface area (Å²) >= 11 is 0. The second-order valence-corrected chi connectivity index (χ2v) is 11.4. The highest BCUT2D eigenvalue weighted by Crippen LogP contribution is 2.37. The number of amidine groups is 1. The number of carbonyl (C=O) groups excluding carboxylic acids is 1. The summed E-state index contributed by atoms with van der Waals surface area (Å²) in [5, 5.41) is 7.07. The standard InChI is InChI=1S/C22H28N8O2.C7H12F2/c1-12(2)15-8-9-24-16(10-15)22-28-20-17(30(22)4)19(25-13(3)14-6-5-7-14)26-21(27-20)18(23)29-32-11-31;1-6-4-2-3-5-7(6,8)9/h8-14H,5-7H2,1-4H3,(H2,23,29)(H,25,26,27);6H,2-5H2,1H3. The van der Waals surface area contributed by atoms with Gasteiger partial charge in [0, 0.05) is 31.6 Å². The fourth-order valence-electron chi connectivity index (χ4n) is 5.14. The molecule has 0 aliphatic heterocycles. The van der Waals surface area contributed by atoms with Gasteiger partial charge in [0.1, 0.15) is 11.2 Å². The van der Waals surface area contributed by atoms with Crippen LogP contribution in [0.5, 0.6) is 0 Å². The van der Waals surface area contributed by atoms with E-state index in [2.05, 4.69) is 51.0 Å². The number of rotatable bonds is 8. The van der Waals surface area contributed by atoms with Crippen LogP contribution in [0.15, 0.2) is 23.5 Å². The van der Waals surface area contributed by atoms with Gasteiger partial charge in [0.05, 0.1) is 0 Å². The fraction of sp³-hybridized carbons (Fsp3) is 0.586. The first-order valence-corrected chi connectivity index (χ1v) is 14.3. The van der Waals surface area contributed by atoms with E-state index in [1.807, 2.05) is 23.7 Å². The quantitative estimate of drug-likeness (QED) is 0.115. The molecule has 2 saturated carbocycles. The Hall–Kier alpha value is -3.70. The Morgan fingerprint density at radius 3 is 2.54 bits per heavy atom. The van der Waals surface area contributed by atoms with E-state index in [1.165, 1.54) is 24.8 Å². The van der Waals surface area contributed by atoms with Crippen LogP contribution in [-0.2, 0) is 16.7 Å². The lowest BCUT2D eigenvalue weighted by atomic mass is 9.80. The first-order chi connectivity index (χ1) is 19.5. The molecule has 2 aliphatic carbocycles.